The number of carbonyl (C=O) groups is 1. The fourth-order valence-corrected chi connectivity index (χ4v) is 2.31. The number of halogens is 1. The standard InChI is InChI=1S/C19H22FNO2/c1-23-18-11-6-15(7-12-18)3-2-14-21-19(22)13-8-16-4-9-17(20)10-5-16/h4-7,9-12H,2-3,8,13-14H2,1H3,(H,21,22). The Morgan fingerprint density at radius 3 is 2.26 bits per heavy atom. The van der Waals surface area contributed by atoms with Gasteiger partial charge in [0.2, 0.25) is 5.91 Å². The quantitative estimate of drug-likeness (QED) is 0.757. The van der Waals surface area contributed by atoms with E-state index in [1.807, 2.05) is 24.3 Å². The third kappa shape index (κ3) is 6.10. The molecule has 0 aromatic heterocycles. The molecular weight excluding hydrogens is 293 g/mol. The second-order valence-electron chi connectivity index (χ2n) is 5.43. The second kappa shape index (κ2) is 8.93. The number of benzene rings is 2. The molecule has 0 radical (unpaired) electrons. The zero-order valence-electron chi connectivity index (χ0n) is 13.3. The monoisotopic (exact) mass is 315 g/mol. The van der Waals surface area contributed by atoms with Crippen molar-refractivity contribution in [2.45, 2.75) is 25.7 Å². The highest BCUT2D eigenvalue weighted by Crippen LogP contribution is 2.12. The summed E-state index contributed by atoms with van der Waals surface area (Å²) in [5, 5.41) is 2.92. The summed E-state index contributed by atoms with van der Waals surface area (Å²) in [6.07, 6.45) is 2.87. The highest BCUT2D eigenvalue weighted by Gasteiger charge is 2.02. The van der Waals surface area contributed by atoms with Crippen molar-refractivity contribution in [3.63, 3.8) is 0 Å². The van der Waals surface area contributed by atoms with Crippen LogP contribution in [0.15, 0.2) is 48.5 Å². The van der Waals surface area contributed by atoms with E-state index in [4.69, 9.17) is 4.74 Å². The Morgan fingerprint density at radius 2 is 1.61 bits per heavy atom. The first kappa shape index (κ1) is 17.0. The summed E-state index contributed by atoms with van der Waals surface area (Å²) in [6, 6.07) is 14.2. The number of methoxy groups -OCH3 is 1. The lowest BCUT2D eigenvalue weighted by Crippen LogP contribution is -2.24. The molecule has 0 unspecified atom stereocenters. The molecule has 0 saturated carbocycles. The highest BCUT2D eigenvalue weighted by atomic mass is 19.1. The van der Waals surface area contributed by atoms with Gasteiger partial charge >= 0.3 is 0 Å². The minimum Gasteiger partial charge on any atom is -0.497 e. The maximum atomic E-state index is 12.8. The van der Waals surface area contributed by atoms with Gasteiger partial charge in [0.1, 0.15) is 11.6 Å². The number of rotatable bonds is 8. The topological polar surface area (TPSA) is 38.3 Å². The van der Waals surface area contributed by atoms with E-state index in [1.165, 1.54) is 17.7 Å². The Hall–Kier alpha value is -2.36. The van der Waals surface area contributed by atoms with E-state index >= 15 is 0 Å². The summed E-state index contributed by atoms with van der Waals surface area (Å²) < 4.78 is 17.9. The van der Waals surface area contributed by atoms with Crippen molar-refractivity contribution in [3.05, 3.63) is 65.5 Å². The van der Waals surface area contributed by atoms with Crippen molar-refractivity contribution in [3.8, 4) is 5.75 Å². The van der Waals surface area contributed by atoms with Gasteiger partial charge in [-0.15, -0.1) is 0 Å². The number of hydrogen-bond acceptors (Lipinski definition) is 2. The lowest BCUT2D eigenvalue weighted by molar-refractivity contribution is -0.121. The average molecular weight is 315 g/mol. The van der Waals surface area contributed by atoms with Gasteiger partial charge in [0.05, 0.1) is 7.11 Å². The molecule has 0 aliphatic carbocycles. The maximum Gasteiger partial charge on any atom is 0.220 e. The molecule has 0 aliphatic rings. The highest BCUT2D eigenvalue weighted by molar-refractivity contribution is 5.76. The van der Waals surface area contributed by atoms with E-state index in [2.05, 4.69) is 5.32 Å². The van der Waals surface area contributed by atoms with Crippen LogP contribution in [0.25, 0.3) is 0 Å². The molecule has 1 amide bonds. The van der Waals surface area contributed by atoms with Crippen molar-refractivity contribution in [2.75, 3.05) is 13.7 Å². The second-order valence-corrected chi connectivity index (χ2v) is 5.43. The number of carbonyl (C=O) groups excluding carboxylic acids is 1. The first-order chi connectivity index (χ1) is 11.2. The summed E-state index contributed by atoms with van der Waals surface area (Å²) in [4.78, 5) is 11.8. The summed E-state index contributed by atoms with van der Waals surface area (Å²) in [5.74, 6) is 0.628. The zero-order valence-corrected chi connectivity index (χ0v) is 13.3. The molecule has 3 nitrogen and oxygen atoms in total. The summed E-state index contributed by atoms with van der Waals surface area (Å²) >= 11 is 0. The van der Waals surface area contributed by atoms with E-state index in [1.54, 1.807) is 19.2 Å². The van der Waals surface area contributed by atoms with Crippen LogP contribution in [0.3, 0.4) is 0 Å². The Morgan fingerprint density at radius 1 is 1.00 bits per heavy atom. The Kier molecular flexibility index (Phi) is 6.60. The molecule has 0 fully saturated rings. The van der Waals surface area contributed by atoms with Gasteiger partial charge in [0, 0.05) is 13.0 Å². The van der Waals surface area contributed by atoms with Crippen LogP contribution < -0.4 is 10.1 Å². The van der Waals surface area contributed by atoms with Gasteiger partial charge in [-0.2, -0.15) is 0 Å². The van der Waals surface area contributed by atoms with E-state index in [-0.39, 0.29) is 11.7 Å². The third-order valence-corrected chi connectivity index (χ3v) is 3.68. The molecule has 0 bridgehead atoms. The predicted molar refractivity (Wildman–Crippen MR) is 89.0 cm³/mol. The fraction of sp³-hybridized carbons (Fsp3) is 0.316. The minimum absolute atomic E-state index is 0.0315. The maximum absolute atomic E-state index is 12.8. The van der Waals surface area contributed by atoms with Crippen LogP contribution in [0.1, 0.15) is 24.0 Å². The third-order valence-electron chi connectivity index (χ3n) is 3.68. The van der Waals surface area contributed by atoms with Crippen LogP contribution >= 0.6 is 0 Å². The minimum atomic E-state index is -0.253. The summed E-state index contributed by atoms with van der Waals surface area (Å²) in [6.45, 7) is 0.661. The number of aryl methyl sites for hydroxylation is 2. The number of amides is 1. The molecular formula is C19H22FNO2. The molecule has 0 atom stereocenters. The van der Waals surface area contributed by atoms with E-state index in [0.717, 1.165) is 24.2 Å². The molecule has 2 rings (SSSR count). The number of ether oxygens (including phenoxy) is 1. The first-order valence-electron chi connectivity index (χ1n) is 7.81. The van der Waals surface area contributed by atoms with Gasteiger partial charge < -0.3 is 10.1 Å². The molecule has 0 aliphatic heterocycles. The number of nitrogens with one attached hydrogen (secondary N) is 1. The molecule has 0 heterocycles. The van der Waals surface area contributed by atoms with Gasteiger partial charge in [-0.05, 0) is 54.7 Å². The average Bonchev–Trinajstić information content (AvgIpc) is 2.59. The van der Waals surface area contributed by atoms with E-state index < -0.39 is 0 Å². The van der Waals surface area contributed by atoms with Crippen LogP contribution in [0.2, 0.25) is 0 Å². The van der Waals surface area contributed by atoms with Crippen LogP contribution in [0.5, 0.6) is 5.75 Å². The van der Waals surface area contributed by atoms with Gasteiger partial charge in [0.25, 0.3) is 0 Å². The first-order valence-corrected chi connectivity index (χ1v) is 7.81. The van der Waals surface area contributed by atoms with Crippen molar-refractivity contribution in [1.82, 2.24) is 5.32 Å². The van der Waals surface area contributed by atoms with Gasteiger partial charge in [0.15, 0.2) is 0 Å². The SMILES string of the molecule is COc1ccc(CCCNC(=O)CCc2ccc(F)cc2)cc1. The fourth-order valence-electron chi connectivity index (χ4n) is 2.31. The van der Waals surface area contributed by atoms with Gasteiger partial charge in [-0.25, -0.2) is 4.39 Å². The Balaban J connectivity index is 1.61. The smallest absolute Gasteiger partial charge is 0.220 e. The van der Waals surface area contributed by atoms with Crippen LogP contribution in [-0.2, 0) is 17.6 Å². The summed E-state index contributed by atoms with van der Waals surface area (Å²) in [5.41, 5.74) is 2.20. The molecule has 1 N–H and O–H groups in total. The zero-order chi connectivity index (χ0) is 16.5. The molecule has 122 valence electrons. The van der Waals surface area contributed by atoms with Crippen molar-refractivity contribution in [2.24, 2.45) is 0 Å². The molecule has 0 spiro atoms. The van der Waals surface area contributed by atoms with Crippen LogP contribution in [-0.4, -0.2) is 19.6 Å². The van der Waals surface area contributed by atoms with Crippen LogP contribution in [0.4, 0.5) is 4.39 Å². The van der Waals surface area contributed by atoms with Crippen LogP contribution in [0, 0.1) is 5.82 Å². The predicted octanol–water partition coefficient (Wildman–Crippen LogP) is 3.52. The normalized spacial score (nSPS) is 10.3. The van der Waals surface area contributed by atoms with Gasteiger partial charge in [-0.3, -0.25) is 4.79 Å². The Bertz CT molecular complexity index is 608. The molecule has 0 saturated heterocycles. The molecule has 2 aromatic rings. The molecule has 4 heteroatoms. The largest absolute Gasteiger partial charge is 0.497 e. The van der Waals surface area contributed by atoms with Gasteiger partial charge in [-0.1, -0.05) is 24.3 Å². The molecule has 23 heavy (non-hydrogen) atoms. The Labute approximate surface area is 136 Å². The van der Waals surface area contributed by atoms with Crippen molar-refractivity contribution >= 4 is 5.91 Å². The van der Waals surface area contributed by atoms with Crippen molar-refractivity contribution < 1.29 is 13.9 Å². The lowest BCUT2D eigenvalue weighted by atomic mass is 10.1. The van der Waals surface area contributed by atoms with E-state index in [0.29, 0.717) is 19.4 Å². The molecule has 2 aromatic carbocycles. The van der Waals surface area contributed by atoms with Crippen molar-refractivity contribution in [1.29, 1.82) is 0 Å². The summed E-state index contributed by atoms with van der Waals surface area (Å²) in [7, 11) is 1.65. The van der Waals surface area contributed by atoms with E-state index in [9.17, 15) is 9.18 Å². The number of hydrogen-bond donors (Lipinski definition) is 1. The lowest BCUT2D eigenvalue weighted by Gasteiger charge is -2.06.